The van der Waals surface area contributed by atoms with Gasteiger partial charge >= 0.3 is 11.9 Å². The van der Waals surface area contributed by atoms with Crippen LogP contribution in [0, 0.1) is 11.3 Å². The minimum Gasteiger partial charge on any atom is -0.466 e. The van der Waals surface area contributed by atoms with Crippen LogP contribution in [0.25, 0.3) is 0 Å². The molecule has 0 aliphatic rings. The second-order valence-corrected chi connectivity index (χ2v) is 3.04. The number of nitrogens with zero attached hydrogens (tertiary/aromatic N) is 1. The molecule has 0 saturated carbocycles. The van der Waals surface area contributed by atoms with Crippen molar-refractivity contribution in [1.82, 2.24) is 0 Å². The molecule has 0 fully saturated rings. The van der Waals surface area contributed by atoms with Crippen molar-refractivity contribution in [3.05, 3.63) is 12.2 Å². The number of ether oxygens (including phenoxy) is 2. The van der Waals surface area contributed by atoms with Crippen molar-refractivity contribution < 1.29 is 19.1 Å². The minimum absolute atomic E-state index is 0.00517. The molecule has 88 valence electrons. The van der Waals surface area contributed by atoms with Gasteiger partial charge < -0.3 is 9.47 Å². The van der Waals surface area contributed by atoms with Crippen LogP contribution in [-0.4, -0.2) is 24.6 Å². The zero-order valence-electron chi connectivity index (χ0n) is 9.49. The number of nitriles is 1. The van der Waals surface area contributed by atoms with Crippen LogP contribution in [0.4, 0.5) is 0 Å². The molecule has 0 saturated heterocycles. The van der Waals surface area contributed by atoms with Crippen LogP contribution >= 0.6 is 0 Å². The third kappa shape index (κ3) is 5.15. The van der Waals surface area contributed by atoms with Gasteiger partial charge in [-0.15, -0.1) is 0 Å². The van der Waals surface area contributed by atoms with E-state index in [2.05, 4.69) is 6.58 Å². The molecular formula is C11H15NO4. The molecule has 1 unspecified atom stereocenters. The first-order valence-electron chi connectivity index (χ1n) is 5.00. The Hall–Kier alpha value is -1.83. The average Bonchev–Trinajstić information content (AvgIpc) is 2.27. The Morgan fingerprint density at radius 3 is 2.50 bits per heavy atom. The first-order chi connectivity index (χ1) is 7.54. The van der Waals surface area contributed by atoms with Gasteiger partial charge in [-0.2, -0.15) is 5.26 Å². The van der Waals surface area contributed by atoms with E-state index >= 15 is 0 Å². The summed E-state index contributed by atoms with van der Waals surface area (Å²) in [6, 6.07) is 1.59. The number of hydrogen-bond donors (Lipinski definition) is 0. The molecule has 0 aromatic carbocycles. The van der Waals surface area contributed by atoms with E-state index in [9.17, 15) is 9.59 Å². The molecule has 0 aromatic rings. The third-order valence-corrected chi connectivity index (χ3v) is 1.81. The molecule has 0 amide bonds. The SMILES string of the molecule is C=C(C#N)C(=O)OC(CC)CC(=O)OCC. The summed E-state index contributed by atoms with van der Waals surface area (Å²) < 4.78 is 9.63. The molecule has 0 N–H and O–H groups in total. The lowest BCUT2D eigenvalue weighted by Crippen LogP contribution is -2.22. The highest BCUT2D eigenvalue weighted by Crippen LogP contribution is 2.07. The molecule has 0 rings (SSSR count). The van der Waals surface area contributed by atoms with Crippen molar-refractivity contribution in [2.45, 2.75) is 32.8 Å². The molecule has 0 radical (unpaired) electrons. The van der Waals surface area contributed by atoms with Gasteiger partial charge in [-0.3, -0.25) is 4.79 Å². The smallest absolute Gasteiger partial charge is 0.348 e. The molecule has 0 aliphatic carbocycles. The van der Waals surface area contributed by atoms with Gasteiger partial charge in [0.25, 0.3) is 0 Å². The van der Waals surface area contributed by atoms with Crippen LogP contribution in [0.2, 0.25) is 0 Å². The fourth-order valence-corrected chi connectivity index (χ4v) is 0.943. The molecular weight excluding hydrogens is 210 g/mol. The molecule has 0 aliphatic heterocycles. The van der Waals surface area contributed by atoms with Gasteiger partial charge in [0.2, 0.25) is 0 Å². The van der Waals surface area contributed by atoms with Crippen molar-refractivity contribution >= 4 is 11.9 Å². The number of rotatable bonds is 6. The molecule has 5 nitrogen and oxygen atoms in total. The molecule has 0 heterocycles. The highest BCUT2D eigenvalue weighted by molar-refractivity contribution is 5.92. The van der Waals surface area contributed by atoms with Gasteiger partial charge in [0.05, 0.1) is 13.0 Å². The van der Waals surface area contributed by atoms with Crippen LogP contribution in [0.5, 0.6) is 0 Å². The van der Waals surface area contributed by atoms with E-state index in [4.69, 9.17) is 14.7 Å². The van der Waals surface area contributed by atoms with Gasteiger partial charge in [0.15, 0.2) is 0 Å². The van der Waals surface area contributed by atoms with Gasteiger partial charge in [0.1, 0.15) is 17.7 Å². The highest BCUT2D eigenvalue weighted by Gasteiger charge is 2.18. The minimum atomic E-state index is -0.793. The molecule has 16 heavy (non-hydrogen) atoms. The molecule has 1 atom stereocenters. The van der Waals surface area contributed by atoms with Crippen LogP contribution in [0.3, 0.4) is 0 Å². The van der Waals surface area contributed by atoms with E-state index in [1.807, 2.05) is 0 Å². The largest absolute Gasteiger partial charge is 0.466 e. The zero-order chi connectivity index (χ0) is 12.6. The maximum Gasteiger partial charge on any atom is 0.348 e. The van der Waals surface area contributed by atoms with E-state index in [0.29, 0.717) is 6.42 Å². The summed E-state index contributed by atoms with van der Waals surface area (Å²) in [5.41, 5.74) is -0.276. The molecule has 0 aromatic heterocycles. The maximum atomic E-state index is 11.2. The van der Waals surface area contributed by atoms with Gasteiger partial charge in [0, 0.05) is 0 Å². The van der Waals surface area contributed by atoms with Crippen molar-refractivity contribution in [3.8, 4) is 6.07 Å². The Morgan fingerprint density at radius 1 is 1.44 bits per heavy atom. The van der Waals surface area contributed by atoms with Crippen molar-refractivity contribution in [2.24, 2.45) is 0 Å². The van der Waals surface area contributed by atoms with Crippen LogP contribution in [0.1, 0.15) is 26.7 Å². The van der Waals surface area contributed by atoms with Crippen molar-refractivity contribution in [2.75, 3.05) is 6.61 Å². The quantitative estimate of drug-likeness (QED) is 0.387. The summed E-state index contributed by atoms with van der Waals surface area (Å²) >= 11 is 0. The Kier molecular flexibility index (Phi) is 6.61. The van der Waals surface area contributed by atoms with Crippen molar-refractivity contribution in [1.29, 1.82) is 5.26 Å². The predicted molar refractivity (Wildman–Crippen MR) is 56.2 cm³/mol. The average molecular weight is 225 g/mol. The maximum absolute atomic E-state index is 11.2. The normalized spacial score (nSPS) is 11.1. The van der Waals surface area contributed by atoms with E-state index in [-0.39, 0.29) is 18.6 Å². The molecule has 0 spiro atoms. The van der Waals surface area contributed by atoms with E-state index in [0.717, 1.165) is 0 Å². The summed E-state index contributed by atoms with van der Waals surface area (Å²) in [6.45, 7) is 6.98. The first kappa shape index (κ1) is 14.2. The Bertz CT molecular complexity index is 316. The first-order valence-corrected chi connectivity index (χ1v) is 5.00. The Morgan fingerprint density at radius 2 is 2.06 bits per heavy atom. The lowest BCUT2D eigenvalue weighted by atomic mass is 10.2. The standard InChI is InChI=1S/C11H15NO4/c1-4-9(6-10(13)15-5-2)16-11(14)8(3)7-12/h9H,3-6H2,1-2H3. The Balaban J connectivity index is 4.21. The topological polar surface area (TPSA) is 76.4 Å². The van der Waals surface area contributed by atoms with E-state index in [1.54, 1.807) is 19.9 Å². The number of hydrogen-bond acceptors (Lipinski definition) is 5. The number of esters is 2. The fourth-order valence-electron chi connectivity index (χ4n) is 0.943. The summed E-state index contributed by atoms with van der Waals surface area (Å²) in [5.74, 6) is -1.22. The van der Waals surface area contributed by atoms with E-state index in [1.165, 1.54) is 0 Å². The lowest BCUT2D eigenvalue weighted by molar-refractivity contribution is -0.152. The summed E-state index contributed by atoms with van der Waals surface area (Å²) in [7, 11) is 0. The predicted octanol–water partition coefficient (Wildman–Crippen LogP) is 1.34. The highest BCUT2D eigenvalue weighted by atomic mass is 16.6. The Labute approximate surface area is 94.6 Å². The van der Waals surface area contributed by atoms with Crippen molar-refractivity contribution in [3.63, 3.8) is 0 Å². The summed E-state index contributed by atoms with van der Waals surface area (Å²) in [5, 5.41) is 8.41. The molecule has 5 heteroatoms. The summed E-state index contributed by atoms with van der Waals surface area (Å²) in [4.78, 5) is 22.3. The van der Waals surface area contributed by atoms with Gasteiger partial charge in [-0.1, -0.05) is 13.5 Å². The van der Waals surface area contributed by atoms with Crippen LogP contribution in [0.15, 0.2) is 12.2 Å². The van der Waals surface area contributed by atoms with Crippen LogP contribution < -0.4 is 0 Å². The second kappa shape index (κ2) is 7.46. The summed E-state index contributed by atoms with van der Waals surface area (Å²) in [6.07, 6.45) is -0.102. The lowest BCUT2D eigenvalue weighted by Gasteiger charge is -2.14. The second-order valence-electron chi connectivity index (χ2n) is 3.04. The van der Waals surface area contributed by atoms with Crippen LogP contribution in [-0.2, 0) is 19.1 Å². The zero-order valence-corrected chi connectivity index (χ0v) is 9.49. The number of carbonyl (C=O) groups excluding carboxylic acids is 2. The van der Waals surface area contributed by atoms with Gasteiger partial charge in [-0.25, -0.2) is 4.79 Å². The third-order valence-electron chi connectivity index (χ3n) is 1.81. The fraction of sp³-hybridized carbons (Fsp3) is 0.545. The monoisotopic (exact) mass is 225 g/mol. The molecule has 0 bridgehead atoms. The van der Waals surface area contributed by atoms with E-state index < -0.39 is 18.0 Å². The van der Waals surface area contributed by atoms with Gasteiger partial charge in [-0.05, 0) is 13.3 Å². The number of carbonyl (C=O) groups is 2.